The summed E-state index contributed by atoms with van der Waals surface area (Å²) in [4.78, 5) is 12.6. The monoisotopic (exact) mass is 445 g/mol. The SMILES string of the molecule is Cc1nn(Cc2ccccc2Cl)c(C)c1NC(=O)c1c(Cl)c(C(F)(F)F)nn1C. The van der Waals surface area contributed by atoms with E-state index in [1.54, 1.807) is 24.6 Å². The summed E-state index contributed by atoms with van der Waals surface area (Å²) in [7, 11) is 1.22. The van der Waals surface area contributed by atoms with E-state index in [1.165, 1.54) is 7.05 Å². The summed E-state index contributed by atoms with van der Waals surface area (Å²) in [5, 5.41) is 10.1. The number of carbonyl (C=O) groups excluding carboxylic acids is 1. The van der Waals surface area contributed by atoms with Gasteiger partial charge in [-0.1, -0.05) is 41.4 Å². The molecule has 0 saturated carbocycles. The molecule has 0 atom stereocenters. The number of halogens is 5. The first kappa shape index (κ1) is 21.2. The number of aryl methyl sites for hydroxylation is 2. The standard InChI is InChI=1S/C18H16Cl2F3N5O/c1-9-14(10(2)28(25-9)8-11-6-4-5-7-12(11)19)24-17(29)15-13(20)16(18(21,22)23)26-27(15)3/h4-7H,8H2,1-3H3,(H,24,29). The molecule has 1 N–H and O–H groups in total. The molecule has 29 heavy (non-hydrogen) atoms. The van der Waals surface area contributed by atoms with Gasteiger partial charge in [-0.2, -0.15) is 23.4 Å². The molecule has 0 aliphatic rings. The van der Waals surface area contributed by atoms with Crippen LogP contribution in [0.1, 0.15) is 33.1 Å². The Morgan fingerprint density at radius 1 is 1.17 bits per heavy atom. The molecule has 0 spiro atoms. The number of hydrogen-bond donors (Lipinski definition) is 1. The van der Waals surface area contributed by atoms with E-state index in [9.17, 15) is 18.0 Å². The second-order valence-electron chi connectivity index (χ2n) is 6.38. The predicted molar refractivity (Wildman–Crippen MR) is 103 cm³/mol. The third kappa shape index (κ3) is 4.11. The van der Waals surface area contributed by atoms with Crippen LogP contribution in [0.4, 0.5) is 18.9 Å². The Morgan fingerprint density at radius 2 is 1.83 bits per heavy atom. The number of benzene rings is 1. The van der Waals surface area contributed by atoms with Gasteiger partial charge < -0.3 is 5.32 Å². The molecule has 0 saturated heterocycles. The Bertz CT molecular complexity index is 1090. The van der Waals surface area contributed by atoms with Gasteiger partial charge in [-0.05, 0) is 25.5 Å². The van der Waals surface area contributed by atoms with Crippen molar-refractivity contribution in [2.75, 3.05) is 5.32 Å². The van der Waals surface area contributed by atoms with Crippen molar-refractivity contribution in [2.45, 2.75) is 26.6 Å². The van der Waals surface area contributed by atoms with E-state index in [-0.39, 0.29) is 0 Å². The Hall–Kier alpha value is -2.52. The summed E-state index contributed by atoms with van der Waals surface area (Å²) >= 11 is 12.0. The van der Waals surface area contributed by atoms with Gasteiger partial charge in [0, 0.05) is 12.1 Å². The zero-order valence-electron chi connectivity index (χ0n) is 15.6. The normalized spacial score (nSPS) is 11.7. The first-order valence-electron chi connectivity index (χ1n) is 8.39. The van der Waals surface area contributed by atoms with Gasteiger partial charge in [0.2, 0.25) is 0 Å². The van der Waals surface area contributed by atoms with Gasteiger partial charge in [0.25, 0.3) is 5.91 Å². The van der Waals surface area contributed by atoms with E-state index in [0.29, 0.717) is 28.6 Å². The number of anilines is 1. The minimum absolute atomic E-state index is 0.368. The number of aromatic nitrogens is 4. The van der Waals surface area contributed by atoms with Crippen molar-refractivity contribution in [1.82, 2.24) is 19.6 Å². The highest BCUT2D eigenvalue weighted by Gasteiger charge is 2.39. The Labute approximate surface area is 174 Å². The molecule has 0 aliphatic carbocycles. The molecule has 0 fully saturated rings. The molecule has 3 rings (SSSR count). The second kappa shape index (κ2) is 7.72. The highest BCUT2D eigenvalue weighted by atomic mass is 35.5. The van der Waals surface area contributed by atoms with Gasteiger partial charge in [0.1, 0.15) is 10.7 Å². The minimum atomic E-state index is -4.76. The molecule has 0 unspecified atom stereocenters. The molecule has 0 aliphatic heterocycles. The van der Waals surface area contributed by atoms with Crippen molar-refractivity contribution < 1.29 is 18.0 Å². The highest BCUT2D eigenvalue weighted by molar-refractivity contribution is 6.35. The van der Waals surface area contributed by atoms with E-state index in [0.717, 1.165) is 10.2 Å². The van der Waals surface area contributed by atoms with E-state index >= 15 is 0 Å². The maximum atomic E-state index is 13.0. The number of alkyl halides is 3. The second-order valence-corrected chi connectivity index (χ2v) is 7.17. The Balaban J connectivity index is 1.90. The quantitative estimate of drug-likeness (QED) is 0.623. The molecular formula is C18H16Cl2F3N5O. The van der Waals surface area contributed by atoms with Crippen LogP contribution in [0.5, 0.6) is 0 Å². The van der Waals surface area contributed by atoms with Crippen LogP contribution < -0.4 is 5.32 Å². The molecule has 1 aromatic carbocycles. The molecule has 3 aromatic rings. The number of amides is 1. The fourth-order valence-electron chi connectivity index (χ4n) is 2.92. The molecule has 1 amide bonds. The fourth-order valence-corrected chi connectivity index (χ4v) is 3.47. The number of nitrogens with one attached hydrogen (secondary N) is 1. The topological polar surface area (TPSA) is 64.7 Å². The molecule has 6 nitrogen and oxygen atoms in total. The van der Waals surface area contributed by atoms with Crippen molar-refractivity contribution in [3.8, 4) is 0 Å². The Kier molecular flexibility index (Phi) is 5.64. The maximum Gasteiger partial charge on any atom is 0.436 e. The Morgan fingerprint density at radius 3 is 2.41 bits per heavy atom. The van der Waals surface area contributed by atoms with Crippen LogP contribution in [0.15, 0.2) is 24.3 Å². The summed E-state index contributed by atoms with van der Waals surface area (Å²) in [6.45, 7) is 3.78. The van der Waals surface area contributed by atoms with Crippen LogP contribution >= 0.6 is 23.2 Å². The number of hydrogen-bond acceptors (Lipinski definition) is 3. The lowest BCUT2D eigenvalue weighted by Gasteiger charge is -2.09. The van der Waals surface area contributed by atoms with Crippen molar-refractivity contribution in [3.05, 3.63) is 62.6 Å². The van der Waals surface area contributed by atoms with Crippen molar-refractivity contribution >= 4 is 34.8 Å². The molecule has 0 bridgehead atoms. The number of carbonyl (C=O) groups is 1. The lowest BCUT2D eigenvalue weighted by atomic mass is 10.2. The van der Waals surface area contributed by atoms with Crippen molar-refractivity contribution in [2.24, 2.45) is 7.05 Å². The zero-order chi connectivity index (χ0) is 21.5. The number of rotatable bonds is 4. The van der Waals surface area contributed by atoms with Gasteiger partial charge in [-0.3, -0.25) is 14.2 Å². The van der Waals surface area contributed by atoms with Gasteiger partial charge in [-0.25, -0.2) is 0 Å². The summed E-state index contributed by atoms with van der Waals surface area (Å²) in [5.41, 5.74) is 0.628. The van der Waals surface area contributed by atoms with E-state index in [2.05, 4.69) is 15.5 Å². The van der Waals surface area contributed by atoms with E-state index in [4.69, 9.17) is 23.2 Å². The molecule has 0 radical (unpaired) electrons. The number of nitrogens with zero attached hydrogens (tertiary/aromatic N) is 4. The van der Waals surface area contributed by atoms with Gasteiger partial charge in [-0.15, -0.1) is 0 Å². The van der Waals surface area contributed by atoms with Gasteiger partial charge in [0.15, 0.2) is 5.69 Å². The summed E-state index contributed by atoms with van der Waals surface area (Å²) < 4.78 is 41.4. The van der Waals surface area contributed by atoms with Crippen LogP contribution in [0.3, 0.4) is 0 Å². The highest BCUT2D eigenvalue weighted by Crippen LogP contribution is 2.35. The molecule has 11 heteroatoms. The van der Waals surface area contributed by atoms with E-state index < -0.39 is 28.5 Å². The predicted octanol–water partition coefficient (Wildman–Crippen LogP) is 4.86. The van der Waals surface area contributed by atoms with Crippen LogP contribution in [-0.2, 0) is 19.8 Å². The maximum absolute atomic E-state index is 13.0. The molecule has 2 heterocycles. The summed E-state index contributed by atoms with van der Waals surface area (Å²) in [6.07, 6.45) is -4.76. The first-order valence-corrected chi connectivity index (χ1v) is 9.14. The van der Waals surface area contributed by atoms with Crippen LogP contribution in [0.25, 0.3) is 0 Å². The third-order valence-corrected chi connectivity index (χ3v) is 5.10. The zero-order valence-corrected chi connectivity index (χ0v) is 17.1. The van der Waals surface area contributed by atoms with Crippen LogP contribution in [-0.4, -0.2) is 25.5 Å². The molecule has 2 aromatic heterocycles. The van der Waals surface area contributed by atoms with E-state index in [1.807, 2.05) is 18.2 Å². The fraction of sp³-hybridized carbons (Fsp3) is 0.278. The van der Waals surface area contributed by atoms with Crippen LogP contribution in [0, 0.1) is 13.8 Å². The van der Waals surface area contributed by atoms with Crippen molar-refractivity contribution in [1.29, 1.82) is 0 Å². The molecular weight excluding hydrogens is 430 g/mol. The minimum Gasteiger partial charge on any atom is -0.317 e. The average Bonchev–Trinajstić information content (AvgIpc) is 3.07. The average molecular weight is 446 g/mol. The third-order valence-electron chi connectivity index (χ3n) is 4.37. The molecule has 154 valence electrons. The lowest BCUT2D eigenvalue weighted by Crippen LogP contribution is -2.17. The van der Waals surface area contributed by atoms with Gasteiger partial charge in [0.05, 0.1) is 23.6 Å². The largest absolute Gasteiger partial charge is 0.436 e. The summed E-state index contributed by atoms with van der Waals surface area (Å²) in [5.74, 6) is -0.816. The summed E-state index contributed by atoms with van der Waals surface area (Å²) in [6, 6.07) is 7.27. The van der Waals surface area contributed by atoms with Crippen molar-refractivity contribution in [3.63, 3.8) is 0 Å². The first-order chi connectivity index (χ1) is 13.5. The smallest absolute Gasteiger partial charge is 0.317 e. The van der Waals surface area contributed by atoms with Crippen LogP contribution in [0.2, 0.25) is 10.0 Å². The van der Waals surface area contributed by atoms with Gasteiger partial charge >= 0.3 is 6.18 Å². The lowest BCUT2D eigenvalue weighted by molar-refractivity contribution is -0.141.